The second-order valence-corrected chi connectivity index (χ2v) is 4.44. The number of aliphatic hydroxyl groups is 1. The summed E-state index contributed by atoms with van der Waals surface area (Å²) >= 11 is 0. The minimum absolute atomic E-state index is 0.00561. The predicted octanol–water partition coefficient (Wildman–Crippen LogP) is 0.562. The van der Waals surface area contributed by atoms with Crippen molar-refractivity contribution in [1.29, 1.82) is 0 Å². The van der Waals surface area contributed by atoms with Crippen molar-refractivity contribution >= 4 is 5.91 Å². The van der Waals surface area contributed by atoms with Crippen LogP contribution >= 0.6 is 0 Å². The third-order valence-electron chi connectivity index (χ3n) is 3.27. The van der Waals surface area contributed by atoms with Crippen LogP contribution in [0.1, 0.15) is 19.3 Å². The van der Waals surface area contributed by atoms with E-state index < -0.39 is 0 Å². The lowest BCUT2D eigenvalue weighted by atomic mass is 9.93. The van der Waals surface area contributed by atoms with Gasteiger partial charge in [0.15, 0.2) is 0 Å². The van der Waals surface area contributed by atoms with Gasteiger partial charge >= 0.3 is 0 Å². The minimum atomic E-state index is -0.197. The highest BCUT2D eigenvalue weighted by molar-refractivity contribution is 5.79. The summed E-state index contributed by atoms with van der Waals surface area (Å²) in [6, 6.07) is 0. The first-order valence-corrected chi connectivity index (χ1v) is 5.97. The zero-order valence-electron chi connectivity index (χ0n) is 9.47. The first-order valence-electron chi connectivity index (χ1n) is 5.97. The maximum Gasteiger partial charge on any atom is 0.226 e. The SMILES string of the molecule is O=C(C1CC=CCC1)N1CCOC(CO)C1. The normalized spacial score (nSPS) is 30.4. The Morgan fingerprint density at radius 3 is 3.06 bits per heavy atom. The summed E-state index contributed by atoms with van der Waals surface area (Å²) < 4.78 is 5.34. The van der Waals surface area contributed by atoms with Crippen LogP contribution in [-0.2, 0) is 9.53 Å². The molecule has 16 heavy (non-hydrogen) atoms. The Balaban J connectivity index is 1.90. The number of amides is 1. The number of morpholine rings is 1. The summed E-state index contributed by atoms with van der Waals surface area (Å²) in [5.74, 6) is 0.369. The molecule has 0 saturated carbocycles. The monoisotopic (exact) mass is 225 g/mol. The Morgan fingerprint density at radius 2 is 2.38 bits per heavy atom. The van der Waals surface area contributed by atoms with E-state index in [1.807, 2.05) is 4.90 Å². The number of ether oxygens (including phenoxy) is 1. The molecule has 0 spiro atoms. The predicted molar refractivity (Wildman–Crippen MR) is 59.9 cm³/mol. The minimum Gasteiger partial charge on any atom is -0.394 e. The van der Waals surface area contributed by atoms with E-state index in [1.54, 1.807) is 0 Å². The quantitative estimate of drug-likeness (QED) is 0.699. The van der Waals surface area contributed by atoms with Gasteiger partial charge in [0.1, 0.15) is 0 Å². The Kier molecular flexibility index (Phi) is 3.96. The van der Waals surface area contributed by atoms with E-state index in [-0.39, 0.29) is 24.5 Å². The lowest BCUT2D eigenvalue weighted by Gasteiger charge is -2.34. The van der Waals surface area contributed by atoms with Crippen molar-refractivity contribution in [3.63, 3.8) is 0 Å². The third kappa shape index (κ3) is 2.62. The molecule has 1 N–H and O–H groups in total. The first-order chi connectivity index (χ1) is 7.81. The molecule has 2 unspecified atom stereocenters. The fourth-order valence-corrected chi connectivity index (χ4v) is 2.31. The highest BCUT2D eigenvalue weighted by Crippen LogP contribution is 2.21. The molecule has 2 atom stereocenters. The second-order valence-electron chi connectivity index (χ2n) is 4.44. The molecule has 0 aromatic heterocycles. The van der Waals surface area contributed by atoms with Crippen molar-refractivity contribution in [2.45, 2.75) is 25.4 Å². The molecule has 0 aromatic rings. The van der Waals surface area contributed by atoms with Crippen molar-refractivity contribution in [3.05, 3.63) is 12.2 Å². The molecule has 1 heterocycles. The number of nitrogens with zero attached hydrogens (tertiary/aromatic N) is 1. The Morgan fingerprint density at radius 1 is 1.50 bits per heavy atom. The molecule has 4 heteroatoms. The van der Waals surface area contributed by atoms with E-state index in [9.17, 15) is 4.79 Å². The van der Waals surface area contributed by atoms with Crippen molar-refractivity contribution in [1.82, 2.24) is 4.90 Å². The van der Waals surface area contributed by atoms with E-state index in [4.69, 9.17) is 9.84 Å². The van der Waals surface area contributed by atoms with Crippen LogP contribution in [0.15, 0.2) is 12.2 Å². The van der Waals surface area contributed by atoms with Crippen LogP contribution in [0.5, 0.6) is 0 Å². The Hall–Kier alpha value is -0.870. The molecule has 0 bridgehead atoms. The van der Waals surface area contributed by atoms with Crippen LogP contribution in [0.25, 0.3) is 0 Å². The maximum absolute atomic E-state index is 12.2. The summed E-state index contributed by atoms with van der Waals surface area (Å²) in [5, 5.41) is 9.03. The first kappa shape index (κ1) is 11.6. The van der Waals surface area contributed by atoms with Gasteiger partial charge < -0.3 is 14.7 Å². The molecule has 1 fully saturated rings. The van der Waals surface area contributed by atoms with E-state index in [0.717, 1.165) is 19.3 Å². The zero-order chi connectivity index (χ0) is 11.4. The number of aliphatic hydroxyl groups excluding tert-OH is 1. The van der Waals surface area contributed by atoms with Gasteiger partial charge in [0.2, 0.25) is 5.91 Å². The molecule has 0 radical (unpaired) electrons. The van der Waals surface area contributed by atoms with Crippen molar-refractivity contribution in [3.8, 4) is 0 Å². The molecule has 2 rings (SSSR count). The third-order valence-corrected chi connectivity index (χ3v) is 3.27. The average Bonchev–Trinajstić information content (AvgIpc) is 2.39. The molecule has 1 saturated heterocycles. The van der Waals surface area contributed by atoms with Crippen molar-refractivity contribution in [2.75, 3.05) is 26.3 Å². The Labute approximate surface area is 95.9 Å². The summed E-state index contributed by atoms with van der Waals surface area (Å²) in [6.45, 7) is 1.74. The number of carbonyl (C=O) groups excluding carboxylic acids is 1. The maximum atomic E-state index is 12.2. The van der Waals surface area contributed by atoms with Gasteiger partial charge in [-0.3, -0.25) is 4.79 Å². The topological polar surface area (TPSA) is 49.8 Å². The van der Waals surface area contributed by atoms with Crippen molar-refractivity contribution in [2.24, 2.45) is 5.92 Å². The molecule has 1 aliphatic heterocycles. The van der Waals surface area contributed by atoms with Crippen LogP contribution in [-0.4, -0.2) is 48.3 Å². The van der Waals surface area contributed by atoms with E-state index >= 15 is 0 Å². The van der Waals surface area contributed by atoms with Gasteiger partial charge in [-0.1, -0.05) is 12.2 Å². The fraction of sp³-hybridized carbons (Fsp3) is 0.750. The number of hydrogen-bond acceptors (Lipinski definition) is 3. The van der Waals surface area contributed by atoms with E-state index in [1.165, 1.54) is 0 Å². The smallest absolute Gasteiger partial charge is 0.226 e. The Bertz CT molecular complexity index is 277. The van der Waals surface area contributed by atoms with Crippen LogP contribution < -0.4 is 0 Å². The molecule has 1 amide bonds. The van der Waals surface area contributed by atoms with Gasteiger partial charge in [-0.05, 0) is 19.3 Å². The number of hydrogen-bond donors (Lipinski definition) is 1. The highest BCUT2D eigenvalue weighted by atomic mass is 16.5. The summed E-state index contributed by atoms with van der Waals surface area (Å²) in [4.78, 5) is 14.0. The van der Waals surface area contributed by atoms with Gasteiger partial charge in [0.25, 0.3) is 0 Å². The van der Waals surface area contributed by atoms with E-state index in [0.29, 0.717) is 19.7 Å². The number of rotatable bonds is 2. The molecular formula is C12H19NO3. The van der Waals surface area contributed by atoms with Crippen LogP contribution in [0.4, 0.5) is 0 Å². The molecule has 90 valence electrons. The zero-order valence-corrected chi connectivity index (χ0v) is 9.47. The van der Waals surface area contributed by atoms with E-state index in [2.05, 4.69) is 12.2 Å². The summed E-state index contributed by atoms with van der Waals surface area (Å²) in [5.41, 5.74) is 0. The molecule has 4 nitrogen and oxygen atoms in total. The van der Waals surface area contributed by atoms with Gasteiger partial charge in [-0.25, -0.2) is 0 Å². The lowest BCUT2D eigenvalue weighted by Crippen LogP contribution is -2.49. The van der Waals surface area contributed by atoms with Crippen LogP contribution in [0.3, 0.4) is 0 Å². The average molecular weight is 225 g/mol. The molecule has 2 aliphatic rings. The summed E-state index contributed by atoms with van der Waals surface area (Å²) in [6.07, 6.45) is 6.85. The van der Waals surface area contributed by atoms with Crippen LogP contribution in [0.2, 0.25) is 0 Å². The van der Waals surface area contributed by atoms with Crippen LogP contribution in [0, 0.1) is 5.92 Å². The summed E-state index contributed by atoms with van der Waals surface area (Å²) in [7, 11) is 0. The van der Waals surface area contributed by atoms with Gasteiger partial charge in [-0.2, -0.15) is 0 Å². The second kappa shape index (κ2) is 5.46. The largest absolute Gasteiger partial charge is 0.394 e. The van der Waals surface area contributed by atoms with Gasteiger partial charge in [0, 0.05) is 19.0 Å². The van der Waals surface area contributed by atoms with Gasteiger partial charge in [0.05, 0.1) is 19.3 Å². The fourth-order valence-electron chi connectivity index (χ4n) is 2.31. The lowest BCUT2D eigenvalue weighted by molar-refractivity contribution is -0.144. The number of carbonyl (C=O) groups is 1. The van der Waals surface area contributed by atoms with Crippen molar-refractivity contribution < 1.29 is 14.6 Å². The molecule has 1 aliphatic carbocycles. The molecule has 0 aromatic carbocycles. The molecular weight excluding hydrogens is 206 g/mol. The number of allylic oxidation sites excluding steroid dienone is 2. The highest BCUT2D eigenvalue weighted by Gasteiger charge is 2.28. The standard InChI is InChI=1S/C12H19NO3/c14-9-11-8-13(6-7-16-11)12(15)10-4-2-1-3-5-10/h1-2,10-11,14H,3-9H2. The van der Waals surface area contributed by atoms with Gasteiger partial charge in [-0.15, -0.1) is 0 Å².